The first-order chi connectivity index (χ1) is 12.9. The molecular formula is C22H36N4. The number of aryl methyl sites for hydroxylation is 1. The minimum absolute atomic E-state index is 0.704. The molecule has 1 aromatic carbocycles. The number of H-pyrrole nitrogens is 1. The summed E-state index contributed by atoms with van der Waals surface area (Å²) < 4.78 is 0. The van der Waals surface area contributed by atoms with Crippen LogP contribution in [-0.4, -0.2) is 20.6 Å². The van der Waals surface area contributed by atoms with Gasteiger partial charge in [-0.05, 0) is 23.6 Å². The summed E-state index contributed by atoms with van der Waals surface area (Å²) in [6.07, 6.45) is 19.2. The highest BCUT2D eigenvalue weighted by Crippen LogP contribution is 2.21. The summed E-state index contributed by atoms with van der Waals surface area (Å²) in [6.45, 7) is 2.28. The molecule has 1 aromatic heterocycles. The predicted octanol–water partition coefficient (Wildman–Crippen LogP) is 6.50. The molecule has 0 aliphatic rings. The molecule has 4 nitrogen and oxygen atoms in total. The Labute approximate surface area is 159 Å². The average Bonchev–Trinajstić information content (AvgIpc) is 3.20. The van der Waals surface area contributed by atoms with Gasteiger partial charge in [0, 0.05) is 5.56 Å². The fourth-order valence-corrected chi connectivity index (χ4v) is 3.57. The molecule has 2 aromatic rings. The zero-order valence-electron chi connectivity index (χ0n) is 16.6. The molecule has 0 saturated carbocycles. The van der Waals surface area contributed by atoms with Gasteiger partial charge in [-0.3, -0.25) is 0 Å². The third-order valence-corrected chi connectivity index (χ3v) is 5.15. The van der Waals surface area contributed by atoms with Crippen LogP contribution < -0.4 is 0 Å². The Morgan fingerprint density at radius 2 is 1.31 bits per heavy atom. The van der Waals surface area contributed by atoms with Gasteiger partial charge in [-0.25, -0.2) is 0 Å². The van der Waals surface area contributed by atoms with Crippen LogP contribution in [0.15, 0.2) is 24.3 Å². The maximum Gasteiger partial charge on any atom is 0.204 e. The Hall–Kier alpha value is -1.71. The first-order valence-corrected chi connectivity index (χ1v) is 10.7. The normalized spacial score (nSPS) is 11.1. The van der Waals surface area contributed by atoms with Gasteiger partial charge in [0.15, 0.2) is 0 Å². The molecule has 0 fully saturated rings. The van der Waals surface area contributed by atoms with Crippen LogP contribution >= 0.6 is 0 Å². The molecular weight excluding hydrogens is 320 g/mol. The van der Waals surface area contributed by atoms with E-state index in [4.69, 9.17) is 0 Å². The van der Waals surface area contributed by atoms with Gasteiger partial charge in [-0.15, -0.1) is 10.2 Å². The van der Waals surface area contributed by atoms with Crippen molar-refractivity contribution in [1.29, 1.82) is 0 Å². The maximum absolute atomic E-state index is 4.11. The monoisotopic (exact) mass is 356 g/mol. The number of hydrogen-bond acceptors (Lipinski definition) is 3. The molecule has 4 heteroatoms. The van der Waals surface area contributed by atoms with E-state index in [0.717, 1.165) is 12.0 Å². The molecule has 0 aliphatic heterocycles. The molecule has 0 unspecified atom stereocenters. The van der Waals surface area contributed by atoms with Gasteiger partial charge in [0.2, 0.25) is 5.82 Å². The number of tetrazole rings is 1. The first kappa shape index (κ1) is 20.6. The van der Waals surface area contributed by atoms with E-state index < -0.39 is 0 Å². The Morgan fingerprint density at radius 1 is 0.731 bits per heavy atom. The third-order valence-electron chi connectivity index (χ3n) is 5.15. The van der Waals surface area contributed by atoms with E-state index in [1.807, 2.05) is 6.07 Å². The van der Waals surface area contributed by atoms with Crippen LogP contribution in [0.5, 0.6) is 0 Å². The van der Waals surface area contributed by atoms with Crippen LogP contribution in [0.3, 0.4) is 0 Å². The Kier molecular flexibility index (Phi) is 10.7. The van der Waals surface area contributed by atoms with Crippen molar-refractivity contribution < 1.29 is 0 Å². The van der Waals surface area contributed by atoms with E-state index in [0.29, 0.717) is 5.82 Å². The SMILES string of the molecule is CCCCCCCCCCCCCCCc1ccccc1-c1nn[nH]n1. The number of nitrogens with zero attached hydrogens (tertiary/aromatic N) is 3. The van der Waals surface area contributed by atoms with Gasteiger partial charge in [0.05, 0.1) is 0 Å². The number of hydrogen-bond donors (Lipinski definition) is 1. The Morgan fingerprint density at radius 3 is 1.88 bits per heavy atom. The summed E-state index contributed by atoms with van der Waals surface area (Å²) in [6, 6.07) is 8.41. The van der Waals surface area contributed by atoms with Crippen LogP contribution in [-0.2, 0) is 6.42 Å². The Balaban J connectivity index is 1.48. The number of unbranched alkanes of at least 4 members (excludes halogenated alkanes) is 12. The van der Waals surface area contributed by atoms with Crippen molar-refractivity contribution >= 4 is 0 Å². The summed E-state index contributed by atoms with van der Waals surface area (Å²) in [5, 5.41) is 14.4. The van der Waals surface area contributed by atoms with Gasteiger partial charge >= 0.3 is 0 Å². The summed E-state index contributed by atoms with van der Waals surface area (Å²) >= 11 is 0. The highest BCUT2D eigenvalue weighted by atomic mass is 15.5. The minimum Gasteiger partial charge on any atom is -0.177 e. The second kappa shape index (κ2) is 13.5. The van der Waals surface area contributed by atoms with Crippen molar-refractivity contribution in [2.45, 2.75) is 96.8 Å². The molecule has 0 spiro atoms. The lowest BCUT2D eigenvalue weighted by atomic mass is 9.99. The molecule has 1 N–H and O–H groups in total. The van der Waals surface area contributed by atoms with Gasteiger partial charge in [-0.2, -0.15) is 5.21 Å². The highest BCUT2D eigenvalue weighted by molar-refractivity contribution is 5.59. The number of aromatic amines is 1. The van der Waals surface area contributed by atoms with Crippen LogP contribution in [0, 0.1) is 0 Å². The van der Waals surface area contributed by atoms with E-state index in [2.05, 4.69) is 45.7 Å². The average molecular weight is 357 g/mol. The fourth-order valence-electron chi connectivity index (χ4n) is 3.57. The molecule has 0 radical (unpaired) electrons. The molecule has 144 valence electrons. The predicted molar refractivity (Wildman–Crippen MR) is 109 cm³/mol. The van der Waals surface area contributed by atoms with Crippen molar-refractivity contribution in [3.63, 3.8) is 0 Å². The lowest BCUT2D eigenvalue weighted by Crippen LogP contribution is -1.92. The first-order valence-electron chi connectivity index (χ1n) is 10.7. The van der Waals surface area contributed by atoms with E-state index in [9.17, 15) is 0 Å². The van der Waals surface area contributed by atoms with Gasteiger partial charge in [-0.1, -0.05) is 108 Å². The summed E-state index contributed by atoms with van der Waals surface area (Å²) in [5.41, 5.74) is 2.44. The Bertz CT molecular complexity index is 565. The van der Waals surface area contributed by atoms with E-state index in [1.54, 1.807) is 0 Å². The summed E-state index contributed by atoms with van der Waals surface area (Å²) in [7, 11) is 0. The van der Waals surface area contributed by atoms with E-state index in [-0.39, 0.29) is 0 Å². The molecule has 0 amide bonds. The van der Waals surface area contributed by atoms with Gasteiger partial charge in [0.25, 0.3) is 0 Å². The second-order valence-corrected chi connectivity index (χ2v) is 7.39. The standard InChI is InChI=1S/C22H36N4/c1-2-3-4-5-6-7-8-9-10-11-12-13-14-17-20-18-15-16-19-21(20)22-23-25-26-24-22/h15-16,18-19H,2-14,17H2,1H3,(H,23,24,25,26). The molecule has 0 bridgehead atoms. The van der Waals surface area contributed by atoms with E-state index >= 15 is 0 Å². The smallest absolute Gasteiger partial charge is 0.177 e. The molecule has 2 rings (SSSR count). The zero-order chi connectivity index (χ0) is 18.3. The minimum atomic E-state index is 0.704. The fraction of sp³-hybridized carbons (Fsp3) is 0.682. The lowest BCUT2D eigenvalue weighted by Gasteiger charge is -2.06. The van der Waals surface area contributed by atoms with Crippen molar-refractivity contribution in [3.05, 3.63) is 29.8 Å². The number of nitrogens with one attached hydrogen (secondary N) is 1. The molecule has 0 aliphatic carbocycles. The maximum atomic E-state index is 4.11. The summed E-state index contributed by atoms with van der Waals surface area (Å²) in [4.78, 5) is 0. The van der Waals surface area contributed by atoms with Crippen LogP contribution in [0.25, 0.3) is 11.4 Å². The van der Waals surface area contributed by atoms with Gasteiger partial charge < -0.3 is 0 Å². The molecule has 0 atom stereocenters. The largest absolute Gasteiger partial charge is 0.204 e. The molecule has 1 heterocycles. The van der Waals surface area contributed by atoms with Crippen LogP contribution in [0.1, 0.15) is 96.0 Å². The number of aromatic nitrogens is 4. The van der Waals surface area contributed by atoms with Crippen molar-refractivity contribution in [3.8, 4) is 11.4 Å². The molecule has 26 heavy (non-hydrogen) atoms. The number of benzene rings is 1. The van der Waals surface area contributed by atoms with Crippen molar-refractivity contribution in [2.24, 2.45) is 0 Å². The van der Waals surface area contributed by atoms with Gasteiger partial charge in [0.1, 0.15) is 0 Å². The quantitative estimate of drug-likeness (QED) is 0.370. The zero-order valence-corrected chi connectivity index (χ0v) is 16.6. The third kappa shape index (κ3) is 8.11. The van der Waals surface area contributed by atoms with Crippen LogP contribution in [0.2, 0.25) is 0 Å². The second-order valence-electron chi connectivity index (χ2n) is 7.39. The summed E-state index contributed by atoms with van der Waals surface area (Å²) in [5.74, 6) is 0.704. The van der Waals surface area contributed by atoms with E-state index in [1.165, 1.54) is 89.0 Å². The lowest BCUT2D eigenvalue weighted by molar-refractivity contribution is 0.539. The van der Waals surface area contributed by atoms with Crippen LogP contribution in [0.4, 0.5) is 0 Å². The molecule has 0 saturated heterocycles. The number of rotatable bonds is 15. The topological polar surface area (TPSA) is 54.5 Å². The highest BCUT2D eigenvalue weighted by Gasteiger charge is 2.08. The van der Waals surface area contributed by atoms with Crippen molar-refractivity contribution in [1.82, 2.24) is 20.6 Å². The van der Waals surface area contributed by atoms with Crippen molar-refractivity contribution in [2.75, 3.05) is 0 Å².